The van der Waals surface area contributed by atoms with Crippen LogP contribution in [0.1, 0.15) is 55.1 Å². The number of aromatic nitrogens is 1. The molecule has 1 fully saturated rings. The van der Waals surface area contributed by atoms with Gasteiger partial charge in [-0.2, -0.15) is 0 Å². The zero-order valence-electron chi connectivity index (χ0n) is 17.6. The third kappa shape index (κ3) is 3.55. The summed E-state index contributed by atoms with van der Waals surface area (Å²) in [5.74, 6) is -0.675. The number of fused-ring (bicyclic) bond motifs is 3. The van der Waals surface area contributed by atoms with E-state index in [0.717, 1.165) is 35.9 Å². The topological polar surface area (TPSA) is 54.3 Å². The number of rotatable bonds is 4. The van der Waals surface area contributed by atoms with E-state index in [1.54, 1.807) is 28.4 Å². The Balaban J connectivity index is 1.53. The number of thiophene rings is 1. The second-order valence-corrected chi connectivity index (χ2v) is 9.84. The van der Waals surface area contributed by atoms with Crippen LogP contribution in [0, 0.1) is 5.82 Å². The Morgan fingerprint density at radius 1 is 1.23 bits per heavy atom. The molecule has 0 unspecified atom stereocenters. The van der Waals surface area contributed by atoms with E-state index in [-0.39, 0.29) is 30.2 Å². The largest absolute Gasteiger partial charge is 0.351 e. The Bertz CT molecular complexity index is 1150. The lowest BCUT2D eigenvalue weighted by Crippen LogP contribution is -2.64. The number of halogens is 1. The number of carbonyl (C=O) groups is 2. The summed E-state index contributed by atoms with van der Waals surface area (Å²) in [6, 6.07) is 10.3. The van der Waals surface area contributed by atoms with Gasteiger partial charge in [0.15, 0.2) is 0 Å². The fourth-order valence-corrected chi connectivity index (χ4v) is 5.75. The molecule has 0 radical (unpaired) electrons. The van der Waals surface area contributed by atoms with Crippen LogP contribution >= 0.6 is 11.3 Å². The first kappa shape index (κ1) is 20.2. The van der Waals surface area contributed by atoms with Crippen LogP contribution in [-0.4, -0.2) is 32.9 Å². The van der Waals surface area contributed by atoms with Crippen molar-refractivity contribution in [3.8, 4) is 0 Å². The van der Waals surface area contributed by atoms with Gasteiger partial charge in [0.25, 0.3) is 5.91 Å². The van der Waals surface area contributed by atoms with Gasteiger partial charge in [-0.1, -0.05) is 31.4 Å². The molecule has 1 N–H and O–H groups in total. The zero-order valence-corrected chi connectivity index (χ0v) is 18.4. The summed E-state index contributed by atoms with van der Waals surface area (Å²) in [5.41, 5.74) is 1.17. The fraction of sp³-hybridized carbons (Fsp3) is 0.417. The molecular formula is C24H26FN3O2S. The standard InChI is InChI=1S/C24H26FN3O2S/c1-24(23(30)26-18-8-3-2-4-9-18)15-27-19-10-11-31-21(19)13-20(27)22(29)28(24)14-16-6-5-7-17(25)12-16/h5-7,10-13,18H,2-4,8-9,14-15H2,1H3,(H,26,30)/t24-/m1/s1. The lowest BCUT2D eigenvalue weighted by Gasteiger charge is -2.45. The van der Waals surface area contributed by atoms with Gasteiger partial charge >= 0.3 is 0 Å². The molecule has 5 nitrogen and oxygen atoms in total. The number of amides is 2. The fourth-order valence-electron chi connectivity index (χ4n) is 4.93. The highest BCUT2D eigenvalue weighted by molar-refractivity contribution is 7.17. The number of hydrogen-bond acceptors (Lipinski definition) is 3. The van der Waals surface area contributed by atoms with Gasteiger partial charge in [0.05, 0.1) is 16.8 Å². The van der Waals surface area contributed by atoms with Gasteiger partial charge in [0.2, 0.25) is 5.91 Å². The maximum atomic E-state index is 13.8. The highest BCUT2D eigenvalue weighted by atomic mass is 32.1. The van der Waals surface area contributed by atoms with E-state index in [1.165, 1.54) is 18.6 Å². The monoisotopic (exact) mass is 439 g/mol. The number of nitrogens with one attached hydrogen (secondary N) is 1. The van der Waals surface area contributed by atoms with Crippen molar-refractivity contribution in [2.45, 2.75) is 63.7 Å². The summed E-state index contributed by atoms with van der Waals surface area (Å²) in [7, 11) is 0. The van der Waals surface area contributed by atoms with Crippen LogP contribution in [0.2, 0.25) is 0 Å². The normalized spacial score (nSPS) is 22.0. The predicted molar refractivity (Wildman–Crippen MR) is 120 cm³/mol. The molecule has 2 aromatic heterocycles. The molecule has 162 valence electrons. The van der Waals surface area contributed by atoms with Crippen LogP contribution < -0.4 is 5.32 Å². The van der Waals surface area contributed by atoms with Crippen molar-refractivity contribution in [2.75, 3.05) is 0 Å². The second kappa shape index (κ2) is 7.79. The molecule has 1 aromatic carbocycles. The molecule has 1 aliphatic carbocycles. The molecule has 2 aliphatic rings. The molecule has 0 spiro atoms. The number of benzene rings is 1. The Kier molecular flexibility index (Phi) is 5.08. The van der Waals surface area contributed by atoms with E-state index in [1.807, 2.05) is 29.0 Å². The first-order valence-corrected chi connectivity index (χ1v) is 11.8. The second-order valence-electron chi connectivity index (χ2n) is 8.89. The highest BCUT2D eigenvalue weighted by Crippen LogP contribution is 2.35. The van der Waals surface area contributed by atoms with Crippen molar-refractivity contribution in [1.82, 2.24) is 14.8 Å². The van der Waals surface area contributed by atoms with Gasteiger partial charge in [0.1, 0.15) is 17.1 Å². The zero-order chi connectivity index (χ0) is 21.6. The van der Waals surface area contributed by atoms with Crippen LogP contribution in [0.5, 0.6) is 0 Å². The maximum Gasteiger partial charge on any atom is 0.271 e. The molecular weight excluding hydrogens is 413 g/mol. The van der Waals surface area contributed by atoms with Crippen molar-refractivity contribution in [2.24, 2.45) is 0 Å². The summed E-state index contributed by atoms with van der Waals surface area (Å²) in [5, 5.41) is 5.23. The lowest BCUT2D eigenvalue weighted by atomic mass is 9.91. The molecule has 7 heteroatoms. The smallest absolute Gasteiger partial charge is 0.271 e. The van der Waals surface area contributed by atoms with Gasteiger partial charge < -0.3 is 14.8 Å². The maximum absolute atomic E-state index is 13.8. The van der Waals surface area contributed by atoms with Crippen LogP contribution in [-0.2, 0) is 17.9 Å². The Morgan fingerprint density at radius 3 is 2.81 bits per heavy atom. The molecule has 3 aromatic rings. The molecule has 1 aliphatic heterocycles. The van der Waals surface area contributed by atoms with Gasteiger partial charge in [-0.25, -0.2) is 4.39 Å². The van der Waals surface area contributed by atoms with Crippen LogP contribution in [0.25, 0.3) is 10.2 Å². The minimum absolute atomic E-state index is 0.133. The van der Waals surface area contributed by atoms with E-state index < -0.39 is 5.54 Å². The predicted octanol–water partition coefficient (Wildman–Crippen LogP) is 4.71. The highest BCUT2D eigenvalue weighted by Gasteiger charge is 2.48. The average molecular weight is 440 g/mol. The van der Waals surface area contributed by atoms with Crippen molar-refractivity contribution in [3.05, 3.63) is 58.9 Å². The van der Waals surface area contributed by atoms with Crippen LogP contribution in [0.3, 0.4) is 0 Å². The molecule has 1 saturated carbocycles. The molecule has 3 heterocycles. The number of nitrogens with zero attached hydrogens (tertiary/aromatic N) is 2. The molecule has 5 rings (SSSR count). The molecule has 0 bridgehead atoms. The minimum Gasteiger partial charge on any atom is -0.351 e. The first-order chi connectivity index (χ1) is 15.0. The Morgan fingerprint density at radius 2 is 2.03 bits per heavy atom. The third-order valence-electron chi connectivity index (χ3n) is 6.71. The molecule has 31 heavy (non-hydrogen) atoms. The van der Waals surface area contributed by atoms with Crippen molar-refractivity contribution in [3.63, 3.8) is 0 Å². The van der Waals surface area contributed by atoms with Crippen molar-refractivity contribution < 1.29 is 14.0 Å². The summed E-state index contributed by atoms with van der Waals surface area (Å²) in [6.07, 6.45) is 5.39. The summed E-state index contributed by atoms with van der Waals surface area (Å²) in [6.45, 7) is 2.40. The average Bonchev–Trinajstić information content (AvgIpc) is 3.34. The summed E-state index contributed by atoms with van der Waals surface area (Å²) >= 11 is 1.59. The van der Waals surface area contributed by atoms with Crippen LogP contribution in [0.15, 0.2) is 41.8 Å². The SMILES string of the molecule is C[C@]1(C(=O)NC2CCCCC2)Cn2c(cc3sccc32)C(=O)N1Cc1cccc(F)c1. The van der Waals surface area contributed by atoms with Crippen molar-refractivity contribution >= 4 is 33.4 Å². The lowest BCUT2D eigenvalue weighted by molar-refractivity contribution is -0.134. The Hall–Kier alpha value is -2.67. The number of hydrogen-bond donors (Lipinski definition) is 1. The Labute approximate surface area is 184 Å². The quantitative estimate of drug-likeness (QED) is 0.640. The third-order valence-corrected chi connectivity index (χ3v) is 7.56. The van der Waals surface area contributed by atoms with Crippen molar-refractivity contribution in [1.29, 1.82) is 0 Å². The molecule has 2 amide bonds. The van der Waals surface area contributed by atoms with E-state index in [9.17, 15) is 14.0 Å². The van der Waals surface area contributed by atoms with Gasteiger partial charge in [0, 0.05) is 12.6 Å². The van der Waals surface area contributed by atoms with Crippen LogP contribution in [0.4, 0.5) is 4.39 Å². The number of carbonyl (C=O) groups excluding carboxylic acids is 2. The molecule has 0 saturated heterocycles. The van der Waals surface area contributed by atoms with Gasteiger partial charge in [-0.3, -0.25) is 9.59 Å². The van der Waals surface area contributed by atoms with E-state index in [0.29, 0.717) is 17.8 Å². The van der Waals surface area contributed by atoms with E-state index >= 15 is 0 Å². The molecule has 1 atom stereocenters. The van der Waals surface area contributed by atoms with E-state index in [2.05, 4.69) is 5.32 Å². The van der Waals surface area contributed by atoms with Gasteiger partial charge in [-0.05, 0) is 55.0 Å². The van der Waals surface area contributed by atoms with E-state index in [4.69, 9.17) is 0 Å². The van der Waals surface area contributed by atoms with Gasteiger partial charge in [-0.15, -0.1) is 11.3 Å². The summed E-state index contributed by atoms with van der Waals surface area (Å²) < 4.78 is 16.8. The summed E-state index contributed by atoms with van der Waals surface area (Å²) in [4.78, 5) is 28.9. The first-order valence-electron chi connectivity index (χ1n) is 10.9. The minimum atomic E-state index is -1.07.